The van der Waals surface area contributed by atoms with Crippen LogP contribution in [0.5, 0.6) is 0 Å². The van der Waals surface area contributed by atoms with E-state index in [0.29, 0.717) is 63.5 Å². The van der Waals surface area contributed by atoms with Gasteiger partial charge in [0.2, 0.25) is 0 Å². The van der Waals surface area contributed by atoms with Gasteiger partial charge in [0.05, 0.1) is 31.1 Å². The fourth-order valence-corrected chi connectivity index (χ4v) is 4.77. The highest BCUT2D eigenvalue weighted by Crippen LogP contribution is 2.35. The molecule has 12 heteroatoms. The van der Waals surface area contributed by atoms with Crippen LogP contribution in [-0.2, 0) is 9.53 Å². The summed E-state index contributed by atoms with van der Waals surface area (Å²) in [6.07, 6.45) is 5.48. The van der Waals surface area contributed by atoms with Crippen molar-refractivity contribution in [3.63, 3.8) is 0 Å². The number of ether oxygens (including phenoxy) is 1. The molecule has 0 atom stereocenters. The largest absolute Gasteiger partial charge is 0.378 e. The van der Waals surface area contributed by atoms with Gasteiger partial charge in [-0.15, -0.1) is 0 Å². The summed E-state index contributed by atoms with van der Waals surface area (Å²) in [6.45, 7) is 2.56. The van der Waals surface area contributed by atoms with Crippen molar-refractivity contribution < 1.29 is 23.1 Å². The average molecular weight is 488 g/mol. The summed E-state index contributed by atoms with van der Waals surface area (Å²) >= 11 is 0. The second-order valence-corrected chi connectivity index (χ2v) is 8.96. The van der Waals surface area contributed by atoms with Crippen molar-refractivity contribution in [2.45, 2.75) is 38.2 Å². The number of rotatable bonds is 6. The van der Waals surface area contributed by atoms with Crippen LogP contribution in [0.1, 0.15) is 54.2 Å². The van der Waals surface area contributed by atoms with Crippen LogP contribution < -0.4 is 9.80 Å². The lowest BCUT2D eigenvalue weighted by Crippen LogP contribution is -2.36. The molecule has 5 rings (SSSR count). The number of anilines is 2. The predicted octanol–water partition coefficient (Wildman–Crippen LogP) is 2.91. The van der Waals surface area contributed by atoms with E-state index in [9.17, 15) is 18.4 Å². The molecule has 0 aromatic carbocycles. The number of nitrogens with zero attached hydrogens (tertiary/aromatic N) is 7. The van der Waals surface area contributed by atoms with Gasteiger partial charge in [-0.2, -0.15) is 10.2 Å². The lowest BCUT2D eigenvalue weighted by Gasteiger charge is -2.27. The van der Waals surface area contributed by atoms with Crippen LogP contribution in [0.2, 0.25) is 0 Å². The molecule has 1 amide bonds. The Labute approximate surface area is 200 Å². The summed E-state index contributed by atoms with van der Waals surface area (Å²) in [5.74, 6) is 0.202. The van der Waals surface area contributed by atoms with Crippen molar-refractivity contribution in [3.8, 4) is 0 Å². The number of fused-ring (bicyclic) bond motifs is 1. The number of halogens is 2. The molecule has 186 valence electrons. The molecule has 3 aromatic heterocycles. The monoisotopic (exact) mass is 487 g/mol. The summed E-state index contributed by atoms with van der Waals surface area (Å²) in [7, 11) is 1.45. The summed E-state index contributed by atoms with van der Waals surface area (Å²) in [6, 6.07) is 1.73. The quantitative estimate of drug-likeness (QED) is 0.493. The van der Waals surface area contributed by atoms with Crippen molar-refractivity contribution >= 4 is 29.3 Å². The fourth-order valence-electron chi connectivity index (χ4n) is 4.77. The molecule has 1 aliphatic carbocycles. The van der Waals surface area contributed by atoms with Gasteiger partial charge in [-0.25, -0.2) is 18.3 Å². The molecule has 0 unspecified atom stereocenters. The number of aromatic nitrogens is 5. The van der Waals surface area contributed by atoms with Gasteiger partial charge in [0.1, 0.15) is 17.7 Å². The lowest BCUT2D eigenvalue weighted by atomic mass is 9.87. The number of hydrogen-bond donors (Lipinski definition) is 0. The van der Waals surface area contributed by atoms with E-state index in [1.807, 2.05) is 6.07 Å². The number of carbonyl (C=O) groups is 2. The normalized spacial score (nSPS) is 21.0. The molecule has 2 fully saturated rings. The standard InChI is InChI=1S/C23H27F2N7O3/c1-29(18-13-32(28-20(18)21(24)25)16-4-2-15(14-33)3-5-16)23(34)17-12-26-31-7-6-19(27-22(17)31)30-8-10-35-11-9-30/h6-7,12-16,21H,2-5,8-11H2,1H3. The Hall–Kier alpha value is -3.41. The Morgan fingerprint density at radius 3 is 2.66 bits per heavy atom. The SMILES string of the molecule is CN(C(=O)c1cnn2ccc(N3CCOCC3)nc12)c1cn(C2CCC(C=O)CC2)nc1C(F)F. The molecular weight excluding hydrogens is 460 g/mol. The van der Waals surface area contributed by atoms with Crippen LogP contribution in [0.3, 0.4) is 0 Å². The molecule has 0 bridgehead atoms. The topological polar surface area (TPSA) is 97.9 Å². The smallest absolute Gasteiger partial charge is 0.284 e. The van der Waals surface area contributed by atoms with Gasteiger partial charge in [-0.05, 0) is 31.7 Å². The summed E-state index contributed by atoms with van der Waals surface area (Å²) in [5.41, 5.74) is 0.161. The molecule has 0 N–H and O–H groups in total. The summed E-state index contributed by atoms with van der Waals surface area (Å²) in [5, 5.41) is 8.36. The first-order chi connectivity index (χ1) is 17.0. The summed E-state index contributed by atoms with van der Waals surface area (Å²) < 4.78 is 36.2. The number of aldehydes is 1. The first-order valence-corrected chi connectivity index (χ1v) is 11.7. The van der Waals surface area contributed by atoms with Gasteiger partial charge in [-0.1, -0.05) is 0 Å². The van der Waals surface area contributed by atoms with Crippen molar-refractivity contribution in [3.05, 3.63) is 35.9 Å². The van der Waals surface area contributed by atoms with Gasteiger partial charge in [0.25, 0.3) is 12.3 Å². The molecular formula is C23H27F2N7O3. The number of alkyl halides is 2. The van der Waals surface area contributed by atoms with Gasteiger partial charge < -0.3 is 19.3 Å². The van der Waals surface area contributed by atoms with Gasteiger partial charge >= 0.3 is 0 Å². The van der Waals surface area contributed by atoms with Crippen LogP contribution in [0.4, 0.5) is 20.3 Å². The van der Waals surface area contributed by atoms with Crippen LogP contribution in [-0.4, -0.2) is 69.9 Å². The predicted molar refractivity (Wildman–Crippen MR) is 123 cm³/mol. The van der Waals surface area contributed by atoms with Crippen molar-refractivity contribution in [2.24, 2.45) is 5.92 Å². The maximum Gasteiger partial charge on any atom is 0.284 e. The van der Waals surface area contributed by atoms with E-state index >= 15 is 0 Å². The Bertz CT molecular complexity index is 1210. The zero-order valence-corrected chi connectivity index (χ0v) is 19.4. The van der Waals surface area contributed by atoms with E-state index in [1.165, 1.54) is 33.5 Å². The minimum absolute atomic E-state index is 0.00517. The van der Waals surface area contributed by atoms with Gasteiger partial charge in [-0.3, -0.25) is 9.48 Å². The van der Waals surface area contributed by atoms with Gasteiger partial charge in [0, 0.05) is 38.4 Å². The highest BCUT2D eigenvalue weighted by molar-refractivity contribution is 6.09. The maximum atomic E-state index is 13.9. The molecule has 0 spiro atoms. The second kappa shape index (κ2) is 9.68. The Kier molecular flexibility index (Phi) is 6.46. The highest BCUT2D eigenvalue weighted by atomic mass is 19.3. The minimum atomic E-state index is -2.84. The van der Waals surface area contributed by atoms with E-state index in [0.717, 1.165) is 6.29 Å². The molecule has 1 aliphatic heterocycles. The van der Waals surface area contributed by atoms with Crippen LogP contribution in [0, 0.1) is 5.92 Å². The van der Waals surface area contributed by atoms with E-state index in [4.69, 9.17) is 4.74 Å². The maximum absolute atomic E-state index is 13.9. The Morgan fingerprint density at radius 2 is 1.97 bits per heavy atom. The van der Waals surface area contributed by atoms with Crippen LogP contribution >= 0.6 is 0 Å². The Balaban J connectivity index is 1.43. The number of hydrogen-bond acceptors (Lipinski definition) is 7. The third-order valence-corrected chi connectivity index (χ3v) is 6.84. The van der Waals surface area contributed by atoms with Crippen molar-refractivity contribution in [1.82, 2.24) is 24.4 Å². The first-order valence-electron chi connectivity index (χ1n) is 11.7. The molecule has 3 aromatic rings. The molecule has 1 saturated carbocycles. The first kappa shape index (κ1) is 23.3. The Morgan fingerprint density at radius 1 is 1.23 bits per heavy atom. The molecule has 10 nitrogen and oxygen atoms in total. The lowest BCUT2D eigenvalue weighted by molar-refractivity contribution is -0.112. The van der Waals surface area contributed by atoms with E-state index in [2.05, 4.69) is 20.1 Å². The third kappa shape index (κ3) is 4.49. The van der Waals surface area contributed by atoms with Gasteiger partial charge in [0.15, 0.2) is 11.3 Å². The van der Waals surface area contributed by atoms with E-state index in [-0.39, 0.29) is 23.2 Å². The van der Waals surface area contributed by atoms with E-state index in [1.54, 1.807) is 6.20 Å². The number of morpholine rings is 1. The van der Waals surface area contributed by atoms with E-state index < -0.39 is 18.0 Å². The summed E-state index contributed by atoms with van der Waals surface area (Å²) in [4.78, 5) is 32.4. The van der Waals surface area contributed by atoms with Crippen LogP contribution in [0.15, 0.2) is 24.7 Å². The minimum Gasteiger partial charge on any atom is -0.378 e. The third-order valence-electron chi connectivity index (χ3n) is 6.84. The van der Waals surface area contributed by atoms with Crippen LogP contribution in [0.25, 0.3) is 5.65 Å². The van der Waals surface area contributed by atoms with Crippen molar-refractivity contribution in [1.29, 1.82) is 0 Å². The highest BCUT2D eigenvalue weighted by Gasteiger charge is 2.30. The molecule has 4 heterocycles. The van der Waals surface area contributed by atoms with Crippen molar-refractivity contribution in [2.75, 3.05) is 43.2 Å². The molecule has 1 saturated heterocycles. The second-order valence-electron chi connectivity index (χ2n) is 8.96. The zero-order valence-electron chi connectivity index (χ0n) is 19.4. The number of carbonyl (C=O) groups excluding carboxylic acids is 2. The average Bonchev–Trinajstić information content (AvgIpc) is 3.53. The molecule has 35 heavy (non-hydrogen) atoms. The molecule has 0 radical (unpaired) electrons. The molecule has 2 aliphatic rings. The zero-order chi connectivity index (χ0) is 24.5. The number of amides is 1. The fraction of sp³-hybridized carbons (Fsp3) is 0.522.